The van der Waals surface area contributed by atoms with Crippen molar-refractivity contribution in [2.75, 3.05) is 0 Å². The second-order valence-electron chi connectivity index (χ2n) is 18.8. The van der Waals surface area contributed by atoms with Gasteiger partial charge in [0.15, 0.2) is 0 Å². The maximum Gasteiger partial charge on any atom is 0.0838 e. The lowest BCUT2D eigenvalue weighted by Crippen LogP contribution is -2.37. The zero-order valence-electron chi connectivity index (χ0n) is 32.5. The lowest BCUT2D eigenvalue weighted by atomic mass is 10.2. The Bertz CT molecular complexity index is 2610. The summed E-state index contributed by atoms with van der Waals surface area (Å²) >= 11 is 8.10. The first-order valence-corrected chi connectivity index (χ1v) is 35.7. The first-order chi connectivity index (χ1) is 24.3. The normalized spacial score (nSPS) is 13.8. The molecular formula is C42H48N2S4Si4. The summed E-state index contributed by atoms with van der Waals surface area (Å²) < 4.78 is 16.6. The fourth-order valence-corrected chi connectivity index (χ4v) is 17.9. The molecule has 0 spiro atoms. The maximum atomic E-state index is 2.66. The Morgan fingerprint density at radius 1 is 0.327 bits per heavy atom. The molecule has 9 aromatic rings. The minimum atomic E-state index is -1.53. The number of benzene rings is 5. The van der Waals surface area contributed by atoms with Crippen molar-refractivity contribution < 1.29 is 0 Å². The predicted octanol–water partition coefficient (Wildman–Crippen LogP) is 12.7. The van der Waals surface area contributed by atoms with Gasteiger partial charge >= 0.3 is 0 Å². The molecule has 0 amide bonds. The van der Waals surface area contributed by atoms with Crippen LogP contribution in [0.2, 0.25) is 78.6 Å². The van der Waals surface area contributed by atoms with Gasteiger partial charge in [-0.2, -0.15) is 0 Å². The van der Waals surface area contributed by atoms with Crippen molar-refractivity contribution in [3.05, 3.63) is 72.8 Å². The van der Waals surface area contributed by atoms with Crippen molar-refractivity contribution in [3.63, 3.8) is 0 Å². The third kappa shape index (κ3) is 5.42. The van der Waals surface area contributed by atoms with Gasteiger partial charge in [0.2, 0.25) is 0 Å². The Balaban J connectivity index is 1.60. The molecule has 5 aromatic carbocycles. The quantitative estimate of drug-likeness (QED) is 0.0950. The van der Waals surface area contributed by atoms with E-state index in [1.54, 1.807) is 0 Å². The van der Waals surface area contributed by atoms with Crippen LogP contribution in [0.3, 0.4) is 0 Å². The fraction of sp³-hybridized carbons (Fsp3) is 0.286. The van der Waals surface area contributed by atoms with Crippen LogP contribution in [-0.2, 0) is 0 Å². The highest BCUT2D eigenvalue weighted by atomic mass is 32.1. The van der Waals surface area contributed by atoms with Crippen molar-refractivity contribution in [1.82, 2.24) is 8.80 Å². The molecule has 4 aromatic heterocycles. The van der Waals surface area contributed by atoms with Gasteiger partial charge in [0.05, 0.1) is 103 Å². The number of fused-ring (bicyclic) bond motifs is 10. The molecule has 0 aliphatic heterocycles. The van der Waals surface area contributed by atoms with Crippen molar-refractivity contribution in [3.8, 4) is 0 Å². The maximum absolute atomic E-state index is 2.66. The number of nitrogens with zero attached hydrogens (tertiary/aromatic N) is 2. The minimum absolute atomic E-state index is 1.33. The number of rotatable bonds is 4. The molecule has 0 saturated carbocycles. The van der Waals surface area contributed by atoms with Crippen LogP contribution in [0, 0.1) is 0 Å². The Morgan fingerprint density at radius 2 is 0.538 bits per heavy atom. The second kappa shape index (κ2) is 11.5. The molecule has 4 heterocycles. The highest BCUT2D eigenvalue weighted by Gasteiger charge is 2.26. The molecule has 0 unspecified atom stereocenters. The van der Waals surface area contributed by atoms with Crippen LogP contribution in [0.25, 0.3) is 70.7 Å². The monoisotopic (exact) mass is 820 g/mol. The van der Waals surface area contributed by atoms with E-state index in [1.807, 2.05) is 45.3 Å². The molecule has 0 N–H and O–H groups in total. The van der Waals surface area contributed by atoms with Gasteiger partial charge in [-0.25, -0.2) is 0 Å². The van der Waals surface area contributed by atoms with Crippen LogP contribution in [0.15, 0.2) is 72.8 Å². The fourth-order valence-electron chi connectivity index (χ4n) is 7.59. The van der Waals surface area contributed by atoms with E-state index >= 15 is 0 Å². The Morgan fingerprint density at radius 3 is 0.731 bits per heavy atom. The summed E-state index contributed by atoms with van der Waals surface area (Å²) in [6.45, 7) is 29.7. The smallest absolute Gasteiger partial charge is 0.0838 e. The van der Waals surface area contributed by atoms with Gasteiger partial charge in [-0.15, -0.1) is 45.3 Å². The molecule has 0 radical (unpaired) electrons. The molecular weight excluding hydrogens is 773 g/mol. The van der Waals surface area contributed by atoms with Gasteiger partial charge < -0.3 is 8.80 Å². The summed E-state index contributed by atoms with van der Waals surface area (Å²) in [6, 6.07) is 29.7. The van der Waals surface area contributed by atoms with Gasteiger partial charge in [0.25, 0.3) is 0 Å². The van der Waals surface area contributed by atoms with Crippen LogP contribution < -0.4 is 20.7 Å². The molecule has 52 heavy (non-hydrogen) atoms. The first-order valence-electron chi connectivity index (χ1n) is 18.4. The molecule has 0 atom stereocenters. The molecule has 0 aliphatic carbocycles. The van der Waals surface area contributed by atoms with Crippen molar-refractivity contribution in [2.45, 2.75) is 78.6 Å². The third-order valence-corrected chi connectivity index (χ3v) is 23.9. The summed E-state index contributed by atoms with van der Waals surface area (Å²) in [5, 5.41) is 6.10. The van der Waals surface area contributed by atoms with Crippen molar-refractivity contribution >= 4 is 169 Å². The predicted molar refractivity (Wildman–Crippen MR) is 254 cm³/mol. The van der Waals surface area contributed by atoms with E-state index in [0.29, 0.717) is 0 Å². The molecule has 266 valence electrons. The van der Waals surface area contributed by atoms with Gasteiger partial charge in [-0.1, -0.05) is 124 Å². The largest absolute Gasteiger partial charge is 0.305 e. The van der Waals surface area contributed by atoms with E-state index in [-0.39, 0.29) is 0 Å². The average Bonchev–Trinajstić information content (AvgIpc) is 3.06. The molecule has 0 fully saturated rings. The van der Waals surface area contributed by atoms with E-state index in [0.717, 1.165) is 0 Å². The lowest BCUT2D eigenvalue weighted by Gasteiger charge is -2.24. The summed E-state index contributed by atoms with van der Waals surface area (Å²) in [6.07, 6.45) is 0. The van der Waals surface area contributed by atoms with Crippen molar-refractivity contribution in [1.29, 1.82) is 0 Å². The van der Waals surface area contributed by atoms with Crippen LogP contribution in [-0.4, -0.2) is 41.1 Å². The van der Waals surface area contributed by atoms with Gasteiger partial charge in [-0.3, -0.25) is 0 Å². The van der Waals surface area contributed by atoms with E-state index < -0.39 is 32.3 Å². The van der Waals surface area contributed by atoms with Crippen LogP contribution >= 0.6 is 45.3 Å². The zero-order valence-corrected chi connectivity index (χ0v) is 39.7. The molecule has 2 nitrogen and oxygen atoms in total. The van der Waals surface area contributed by atoms with Gasteiger partial charge in [-0.05, 0) is 48.5 Å². The van der Waals surface area contributed by atoms with E-state index in [2.05, 4.69) is 160 Å². The summed E-state index contributed by atoms with van der Waals surface area (Å²) in [5.41, 5.74) is 8.10. The molecule has 0 aliphatic rings. The first kappa shape index (κ1) is 35.2. The SMILES string of the molecule is C[Si](C)(C)c1ccc2c(c1)sc1c3sc4cc([Si](C)(C)C)ccc4n4c5ccc([Si](C)(C)C)cc5sc(c5sc6cc([Si](C)(C)C)ccc6n2c15)c34. The summed E-state index contributed by atoms with van der Waals surface area (Å²) in [5.74, 6) is 0. The second-order valence-corrected chi connectivity index (χ2v) is 43.3. The van der Waals surface area contributed by atoms with Crippen LogP contribution in [0.5, 0.6) is 0 Å². The Kier molecular flexibility index (Phi) is 7.77. The Hall–Kier alpha value is -2.55. The average molecular weight is 821 g/mol. The molecule has 10 heteroatoms. The van der Waals surface area contributed by atoms with Crippen LogP contribution in [0.1, 0.15) is 0 Å². The van der Waals surface area contributed by atoms with E-state index in [4.69, 9.17) is 0 Å². The zero-order chi connectivity index (χ0) is 36.9. The standard InChI is InChI=1S/C42H48N2S4Si4/c1-49(2,3)25-13-17-29-33(21-25)45-39-37-41(47-34-22-26(50(4,5)6)14-18-30(34)43(29)37)42-38-40(39)46-35-23-27(51(7,8)9)15-19-31(35)44(38)32-20-16-28(52(10,11)12)24-36(32)48-42/h13-24H,1-12H3. The molecule has 0 saturated heterocycles. The number of hydrogen-bond acceptors (Lipinski definition) is 4. The van der Waals surface area contributed by atoms with Gasteiger partial charge in [0.1, 0.15) is 0 Å². The minimum Gasteiger partial charge on any atom is -0.305 e. The van der Waals surface area contributed by atoms with E-state index in [1.165, 1.54) is 91.4 Å². The highest BCUT2D eigenvalue weighted by molar-refractivity contribution is 7.36. The third-order valence-electron chi connectivity index (χ3n) is 10.8. The van der Waals surface area contributed by atoms with Crippen LogP contribution in [0.4, 0.5) is 0 Å². The molecule has 9 rings (SSSR count). The van der Waals surface area contributed by atoms with Crippen molar-refractivity contribution in [2.24, 2.45) is 0 Å². The highest BCUT2D eigenvalue weighted by Crippen LogP contribution is 2.49. The summed E-state index contributed by atoms with van der Waals surface area (Å²) in [4.78, 5) is 0. The van der Waals surface area contributed by atoms with Gasteiger partial charge in [0, 0.05) is 0 Å². The number of aromatic nitrogens is 2. The summed E-state index contributed by atoms with van der Waals surface area (Å²) in [7, 11) is -6.12. The van der Waals surface area contributed by atoms with E-state index in [9.17, 15) is 0 Å². The Labute approximate surface area is 326 Å². The molecule has 0 bridgehead atoms. The number of hydrogen-bond donors (Lipinski definition) is 0. The lowest BCUT2D eigenvalue weighted by molar-refractivity contribution is 1.33. The topological polar surface area (TPSA) is 8.82 Å².